The molecule has 2 aromatic heterocycles. The highest BCUT2D eigenvalue weighted by molar-refractivity contribution is 6.29. The van der Waals surface area contributed by atoms with Crippen molar-refractivity contribution in [2.24, 2.45) is 0 Å². The summed E-state index contributed by atoms with van der Waals surface area (Å²) in [5.41, 5.74) is 1.60. The van der Waals surface area contributed by atoms with Gasteiger partial charge in [0.25, 0.3) is 0 Å². The third kappa shape index (κ3) is 5.23. The summed E-state index contributed by atoms with van der Waals surface area (Å²) in [5.74, 6) is -0.0792. The lowest BCUT2D eigenvalue weighted by Crippen LogP contribution is -2.53. The van der Waals surface area contributed by atoms with Crippen molar-refractivity contribution in [3.05, 3.63) is 35.6 Å². The van der Waals surface area contributed by atoms with Gasteiger partial charge in [-0.1, -0.05) is 36.3 Å². The molecule has 0 aromatic carbocycles. The first-order chi connectivity index (χ1) is 16.2. The molecular weight excluding hydrogens is 444 g/mol. The van der Waals surface area contributed by atoms with E-state index < -0.39 is 11.9 Å². The lowest BCUT2D eigenvalue weighted by molar-refractivity contribution is -1.07. The number of carbonyl (C=O) groups excluding carboxylic acids is 2. The maximum Gasteiger partial charge on any atom is 0.480 e. The molecule has 4 heterocycles. The van der Waals surface area contributed by atoms with Crippen LogP contribution in [0.25, 0.3) is 11.1 Å². The van der Waals surface area contributed by atoms with Crippen molar-refractivity contribution in [3.8, 4) is 0 Å². The van der Waals surface area contributed by atoms with E-state index in [-0.39, 0.29) is 9.29 Å². The minimum absolute atomic E-state index is 0.118. The fourth-order valence-corrected chi connectivity index (χ4v) is 4.04. The highest BCUT2D eigenvalue weighted by Gasteiger charge is 2.41. The summed E-state index contributed by atoms with van der Waals surface area (Å²) in [6.07, 6.45) is 6.52. The maximum absolute atomic E-state index is 12.7. The molecule has 0 fully saturated rings. The van der Waals surface area contributed by atoms with Crippen LogP contribution in [0.1, 0.15) is 50.1 Å². The summed E-state index contributed by atoms with van der Waals surface area (Å²) in [4.78, 5) is 45.2. The number of rotatable bonds is 6. The number of quaternary nitrogens is 2. The summed E-state index contributed by atoms with van der Waals surface area (Å²) in [6.45, 7) is 5.51. The van der Waals surface area contributed by atoms with Gasteiger partial charge >= 0.3 is 11.9 Å². The molecule has 2 atom stereocenters. The van der Waals surface area contributed by atoms with Gasteiger partial charge in [-0.05, 0) is 0 Å². The number of hydroxylamine groups is 6. The van der Waals surface area contributed by atoms with Crippen molar-refractivity contribution in [2.45, 2.75) is 39.5 Å². The van der Waals surface area contributed by atoms with Crippen molar-refractivity contribution in [2.75, 3.05) is 40.3 Å². The summed E-state index contributed by atoms with van der Waals surface area (Å²) in [6, 6.07) is 0. The molecule has 12 nitrogen and oxygen atoms in total. The van der Waals surface area contributed by atoms with Crippen LogP contribution in [0.15, 0.2) is 21.2 Å². The van der Waals surface area contributed by atoms with Crippen LogP contribution >= 0.6 is 0 Å². The monoisotopic (exact) mass is 474 g/mol. The van der Waals surface area contributed by atoms with Crippen LogP contribution in [0.5, 0.6) is 0 Å². The Bertz CT molecular complexity index is 1050. The Hall–Kier alpha value is -3.38. The zero-order valence-corrected chi connectivity index (χ0v) is 19.9. The Morgan fingerprint density at radius 2 is 1.24 bits per heavy atom. The van der Waals surface area contributed by atoms with E-state index in [2.05, 4.69) is 20.3 Å². The van der Waals surface area contributed by atoms with Gasteiger partial charge < -0.3 is 9.05 Å². The topological polar surface area (TPSA) is 130 Å². The van der Waals surface area contributed by atoms with Crippen molar-refractivity contribution in [3.63, 3.8) is 0 Å². The smallest absolute Gasteiger partial charge is 0.339 e. The Balaban J connectivity index is 1.37. The SMILES string of the molecule is CCc1nc(C2=CCC[N+](C)(OC(=O)C(=O)O[N+]3(C)CCC=C(c4noc(CC)n4)C3)C2)no1. The number of nitrogens with zero attached hydrogens (tertiary/aromatic N) is 6. The predicted octanol–water partition coefficient (Wildman–Crippen LogP) is 1.66. The van der Waals surface area contributed by atoms with E-state index in [4.69, 9.17) is 18.7 Å². The second kappa shape index (κ2) is 9.47. The zero-order valence-electron chi connectivity index (χ0n) is 19.9. The third-order valence-electron chi connectivity index (χ3n) is 5.88. The number of likely N-dealkylation sites (N-methyl/N-ethyl adjacent to an activating group) is 2. The fraction of sp³-hybridized carbons (Fsp3) is 0.545. The van der Waals surface area contributed by atoms with E-state index in [0.29, 0.717) is 75.3 Å². The minimum Gasteiger partial charge on any atom is -0.339 e. The van der Waals surface area contributed by atoms with E-state index >= 15 is 0 Å². The first kappa shape index (κ1) is 23.8. The number of aromatic nitrogens is 4. The second-order valence-corrected chi connectivity index (χ2v) is 8.88. The molecule has 0 radical (unpaired) electrons. The summed E-state index contributed by atoms with van der Waals surface area (Å²) < 4.78 is 10.1. The molecule has 34 heavy (non-hydrogen) atoms. The van der Waals surface area contributed by atoms with Gasteiger partial charge in [0.15, 0.2) is 0 Å². The molecule has 0 bridgehead atoms. The normalized spacial score (nSPS) is 24.8. The largest absolute Gasteiger partial charge is 0.480 e. The molecule has 0 saturated heterocycles. The molecule has 12 heteroatoms. The van der Waals surface area contributed by atoms with E-state index in [1.54, 1.807) is 14.1 Å². The average Bonchev–Trinajstić information content (AvgIpc) is 3.48. The van der Waals surface area contributed by atoms with Crippen LogP contribution in [-0.2, 0) is 32.1 Å². The first-order valence-corrected chi connectivity index (χ1v) is 11.4. The molecular formula is C22H30N6O6+2. The molecule has 0 spiro atoms. The van der Waals surface area contributed by atoms with Gasteiger partial charge in [0.1, 0.15) is 40.3 Å². The van der Waals surface area contributed by atoms with Crippen molar-refractivity contribution >= 4 is 23.1 Å². The molecule has 2 aliphatic rings. The van der Waals surface area contributed by atoms with Gasteiger partial charge in [-0.25, -0.2) is 9.59 Å². The van der Waals surface area contributed by atoms with E-state index in [1.807, 2.05) is 26.0 Å². The van der Waals surface area contributed by atoms with Crippen LogP contribution in [0, 0.1) is 0 Å². The lowest BCUT2D eigenvalue weighted by Gasteiger charge is -2.34. The Morgan fingerprint density at radius 3 is 1.59 bits per heavy atom. The third-order valence-corrected chi connectivity index (χ3v) is 5.88. The van der Waals surface area contributed by atoms with Gasteiger partial charge in [-0.15, -0.1) is 9.29 Å². The Morgan fingerprint density at radius 1 is 0.824 bits per heavy atom. The molecule has 4 rings (SSSR count). The van der Waals surface area contributed by atoms with Crippen molar-refractivity contribution in [1.82, 2.24) is 20.3 Å². The highest BCUT2D eigenvalue weighted by Crippen LogP contribution is 2.26. The molecule has 0 amide bonds. The number of aryl methyl sites for hydroxylation is 2. The average molecular weight is 475 g/mol. The molecule has 2 unspecified atom stereocenters. The number of carbonyl (C=O) groups is 2. The van der Waals surface area contributed by atoms with Gasteiger partial charge in [0.05, 0.1) is 11.1 Å². The van der Waals surface area contributed by atoms with E-state index in [9.17, 15) is 9.59 Å². The quantitative estimate of drug-likeness (QED) is 0.450. The molecule has 0 saturated carbocycles. The van der Waals surface area contributed by atoms with Crippen LogP contribution in [0.3, 0.4) is 0 Å². The standard InChI is InChI=1S/C22H30N6O6/c1-5-17-23-19(25-31-17)15-9-7-11-27(3,13-15)33-21(29)22(30)34-28(4)12-8-10-16(14-28)20-24-18(6-2)32-26-20/h9-10H,5-8,11-14H2,1-4H3/q+2. The van der Waals surface area contributed by atoms with Gasteiger partial charge in [0.2, 0.25) is 23.4 Å². The maximum atomic E-state index is 12.7. The van der Waals surface area contributed by atoms with Crippen LogP contribution in [-0.4, -0.2) is 81.8 Å². The van der Waals surface area contributed by atoms with Crippen molar-refractivity contribution < 1.29 is 37.6 Å². The highest BCUT2D eigenvalue weighted by atomic mass is 16.8. The van der Waals surface area contributed by atoms with Gasteiger partial charge in [0, 0.05) is 25.7 Å². The van der Waals surface area contributed by atoms with E-state index in [0.717, 1.165) is 11.1 Å². The van der Waals surface area contributed by atoms with Gasteiger partial charge in [-0.3, -0.25) is 9.68 Å². The van der Waals surface area contributed by atoms with Crippen molar-refractivity contribution in [1.29, 1.82) is 0 Å². The summed E-state index contributed by atoms with van der Waals surface area (Å²) in [7, 11) is 3.47. The lowest BCUT2D eigenvalue weighted by atomic mass is 10.1. The van der Waals surface area contributed by atoms with Gasteiger partial charge in [-0.2, -0.15) is 9.97 Å². The van der Waals surface area contributed by atoms with E-state index in [1.165, 1.54) is 0 Å². The molecule has 0 N–H and O–H groups in total. The second-order valence-electron chi connectivity index (χ2n) is 8.88. The number of hydrogen-bond acceptors (Lipinski definition) is 10. The summed E-state index contributed by atoms with van der Waals surface area (Å²) in [5, 5.41) is 7.99. The first-order valence-electron chi connectivity index (χ1n) is 11.4. The summed E-state index contributed by atoms with van der Waals surface area (Å²) >= 11 is 0. The molecule has 0 aliphatic carbocycles. The fourth-order valence-electron chi connectivity index (χ4n) is 4.04. The Kier molecular flexibility index (Phi) is 6.62. The minimum atomic E-state index is -1.05. The Labute approximate surface area is 196 Å². The zero-order chi connectivity index (χ0) is 24.3. The molecule has 182 valence electrons. The molecule has 2 aliphatic heterocycles. The van der Waals surface area contributed by atoms with Crippen LogP contribution in [0.4, 0.5) is 0 Å². The van der Waals surface area contributed by atoms with Crippen LogP contribution < -0.4 is 0 Å². The van der Waals surface area contributed by atoms with Crippen LogP contribution in [0.2, 0.25) is 0 Å². The molecule has 2 aromatic rings. The predicted molar refractivity (Wildman–Crippen MR) is 117 cm³/mol. The number of hydrogen-bond donors (Lipinski definition) is 0.